The first kappa shape index (κ1) is 25.2. The van der Waals surface area contributed by atoms with Crippen LogP contribution in [0.25, 0.3) is 22.2 Å². The molecule has 2 saturated heterocycles. The summed E-state index contributed by atoms with van der Waals surface area (Å²) in [4.78, 5) is 24.7. The van der Waals surface area contributed by atoms with E-state index in [-0.39, 0.29) is 5.91 Å². The Bertz CT molecular complexity index is 1310. The second kappa shape index (κ2) is 11.0. The zero-order valence-electron chi connectivity index (χ0n) is 23.2. The highest BCUT2D eigenvalue weighted by atomic mass is 16.1. The molecule has 0 spiro atoms. The zero-order chi connectivity index (χ0) is 26.2. The van der Waals surface area contributed by atoms with E-state index in [2.05, 4.69) is 63.6 Å². The second-order valence-corrected chi connectivity index (χ2v) is 12.6. The molecule has 1 aromatic heterocycles. The molecule has 2 saturated carbocycles. The van der Waals surface area contributed by atoms with E-state index in [1.807, 2.05) is 6.07 Å². The lowest BCUT2D eigenvalue weighted by molar-refractivity contribution is 0.0879. The van der Waals surface area contributed by atoms with Crippen LogP contribution < -0.4 is 5.32 Å². The molecule has 204 valence electrons. The van der Waals surface area contributed by atoms with E-state index >= 15 is 0 Å². The van der Waals surface area contributed by atoms with Crippen molar-refractivity contribution < 1.29 is 4.79 Å². The molecule has 3 aromatic rings. The van der Waals surface area contributed by atoms with Gasteiger partial charge in [-0.15, -0.1) is 0 Å². The average Bonchev–Trinajstić information content (AvgIpc) is 3.62. The zero-order valence-corrected chi connectivity index (χ0v) is 23.2. The van der Waals surface area contributed by atoms with Crippen LogP contribution >= 0.6 is 0 Å². The molecule has 39 heavy (non-hydrogen) atoms. The molecule has 2 aromatic carbocycles. The van der Waals surface area contributed by atoms with E-state index in [1.165, 1.54) is 64.5 Å². The first-order valence-electron chi connectivity index (χ1n) is 15.5. The van der Waals surface area contributed by atoms with Gasteiger partial charge in [-0.2, -0.15) is 0 Å². The largest absolute Gasteiger partial charge is 0.349 e. The number of hydrogen-bond donors (Lipinski definition) is 1. The molecule has 3 unspecified atom stereocenters. The fourth-order valence-corrected chi connectivity index (χ4v) is 8.11. The average molecular weight is 523 g/mol. The Kier molecular flexibility index (Phi) is 7.12. The third-order valence-electron chi connectivity index (χ3n) is 10.2. The molecular formula is C34H42N4O. The maximum atomic E-state index is 14.2. The summed E-state index contributed by atoms with van der Waals surface area (Å²) in [5.74, 6) is 1.55. The number of nitrogens with zero attached hydrogens (tertiary/aromatic N) is 3. The Morgan fingerprint density at radius 3 is 2.36 bits per heavy atom. The van der Waals surface area contributed by atoms with Crippen LogP contribution in [0, 0.1) is 11.8 Å². The first-order valence-corrected chi connectivity index (χ1v) is 15.5. The van der Waals surface area contributed by atoms with Crippen LogP contribution in [0.5, 0.6) is 0 Å². The van der Waals surface area contributed by atoms with Gasteiger partial charge in [0, 0.05) is 35.1 Å². The van der Waals surface area contributed by atoms with Gasteiger partial charge in [-0.1, -0.05) is 61.4 Å². The first-order chi connectivity index (χ1) is 19.2. The quantitative estimate of drug-likeness (QED) is 0.415. The number of nitrogens with one attached hydrogen (secondary N) is 1. The summed E-state index contributed by atoms with van der Waals surface area (Å²) >= 11 is 0. The summed E-state index contributed by atoms with van der Waals surface area (Å²) in [6.45, 7) is 5.47. The van der Waals surface area contributed by atoms with Crippen LogP contribution in [0.3, 0.4) is 0 Å². The van der Waals surface area contributed by atoms with Crippen molar-refractivity contribution in [2.24, 2.45) is 11.8 Å². The molecule has 7 rings (SSSR count). The van der Waals surface area contributed by atoms with Crippen molar-refractivity contribution >= 4 is 16.8 Å². The molecule has 5 heteroatoms. The summed E-state index contributed by atoms with van der Waals surface area (Å²) in [5, 5.41) is 4.52. The lowest BCUT2D eigenvalue weighted by Crippen LogP contribution is -2.46. The SMILES string of the molecule is O=C(NC1CC2CCC1C2)c1c(CN2CCC(N3CCCCC3)CC2)c(-c2ccccc2)nc2ccccc12. The van der Waals surface area contributed by atoms with E-state index < -0.39 is 0 Å². The standard InChI is InChI=1S/C34H42N4O/c39-34(36-31-22-24-13-14-26(31)21-24)32-28-11-5-6-12-30(28)35-33(25-9-3-1-4-10-25)29(32)23-37-19-15-27(16-20-37)38-17-7-2-8-18-38/h1,3-6,9-12,24,26-27,31H,2,7-8,13-23H2,(H,36,39). The Morgan fingerprint density at radius 1 is 0.846 bits per heavy atom. The van der Waals surface area contributed by atoms with Gasteiger partial charge in [0.1, 0.15) is 0 Å². The predicted octanol–water partition coefficient (Wildman–Crippen LogP) is 6.27. The molecule has 2 aliphatic carbocycles. The number of pyridine rings is 1. The van der Waals surface area contributed by atoms with E-state index in [4.69, 9.17) is 4.98 Å². The van der Waals surface area contributed by atoms with Gasteiger partial charge < -0.3 is 10.2 Å². The third-order valence-corrected chi connectivity index (χ3v) is 10.2. The van der Waals surface area contributed by atoms with Gasteiger partial charge in [-0.05, 0) is 89.0 Å². The Morgan fingerprint density at radius 2 is 1.62 bits per heavy atom. The Hall–Kier alpha value is -2.76. The van der Waals surface area contributed by atoms with Crippen LogP contribution in [0.1, 0.15) is 73.7 Å². The van der Waals surface area contributed by atoms with Crippen molar-refractivity contribution in [3.63, 3.8) is 0 Å². The Balaban J connectivity index is 1.23. The topological polar surface area (TPSA) is 48.5 Å². The summed E-state index contributed by atoms with van der Waals surface area (Å²) in [6.07, 6.45) is 11.6. The van der Waals surface area contributed by atoms with E-state index in [9.17, 15) is 4.79 Å². The number of hydrogen-bond acceptors (Lipinski definition) is 4. The van der Waals surface area contributed by atoms with Gasteiger partial charge in [0.15, 0.2) is 0 Å². The number of fused-ring (bicyclic) bond motifs is 3. The lowest BCUT2D eigenvalue weighted by Gasteiger charge is -2.40. The molecule has 4 aliphatic rings. The summed E-state index contributed by atoms with van der Waals surface area (Å²) in [7, 11) is 0. The minimum absolute atomic E-state index is 0.0986. The van der Waals surface area contributed by atoms with Gasteiger partial charge in [0.05, 0.1) is 16.8 Å². The molecule has 4 fully saturated rings. The third kappa shape index (κ3) is 5.12. The van der Waals surface area contributed by atoms with Crippen LogP contribution in [-0.2, 0) is 6.54 Å². The summed E-state index contributed by atoms with van der Waals surface area (Å²) < 4.78 is 0. The monoisotopic (exact) mass is 522 g/mol. The summed E-state index contributed by atoms with van der Waals surface area (Å²) in [5.41, 5.74) is 4.90. The molecule has 3 heterocycles. The molecule has 1 amide bonds. The molecule has 3 atom stereocenters. The number of aromatic nitrogens is 1. The number of amides is 1. The fraction of sp³-hybridized carbons (Fsp3) is 0.529. The number of carbonyl (C=O) groups is 1. The highest BCUT2D eigenvalue weighted by Crippen LogP contribution is 2.44. The van der Waals surface area contributed by atoms with Crippen molar-refractivity contribution in [3.05, 3.63) is 65.7 Å². The van der Waals surface area contributed by atoms with Crippen LogP contribution in [-0.4, -0.2) is 59.0 Å². The van der Waals surface area contributed by atoms with E-state index in [1.54, 1.807) is 0 Å². The molecule has 2 bridgehead atoms. The molecule has 1 N–H and O–H groups in total. The Labute approximate surface area is 233 Å². The fourth-order valence-electron chi connectivity index (χ4n) is 8.11. The van der Waals surface area contributed by atoms with Gasteiger partial charge in [-0.3, -0.25) is 9.69 Å². The maximum Gasteiger partial charge on any atom is 0.252 e. The van der Waals surface area contributed by atoms with Crippen molar-refractivity contribution in [1.82, 2.24) is 20.1 Å². The number of rotatable bonds is 6. The van der Waals surface area contributed by atoms with Crippen LogP contribution in [0.2, 0.25) is 0 Å². The minimum Gasteiger partial charge on any atom is -0.349 e. The van der Waals surface area contributed by atoms with Gasteiger partial charge in [0.2, 0.25) is 0 Å². The second-order valence-electron chi connectivity index (χ2n) is 12.6. The van der Waals surface area contributed by atoms with E-state index in [0.717, 1.165) is 65.3 Å². The molecule has 5 nitrogen and oxygen atoms in total. The number of piperidine rings is 2. The van der Waals surface area contributed by atoms with Crippen molar-refractivity contribution in [2.45, 2.75) is 76.4 Å². The molecule has 2 aliphatic heterocycles. The molecule has 0 radical (unpaired) electrons. The van der Waals surface area contributed by atoms with E-state index in [0.29, 0.717) is 18.0 Å². The van der Waals surface area contributed by atoms with Crippen molar-refractivity contribution in [3.8, 4) is 11.3 Å². The van der Waals surface area contributed by atoms with Crippen molar-refractivity contribution in [1.29, 1.82) is 0 Å². The van der Waals surface area contributed by atoms with Crippen molar-refractivity contribution in [2.75, 3.05) is 26.2 Å². The number of carbonyl (C=O) groups excluding carboxylic acids is 1. The molecular weight excluding hydrogens is 480 g/mol. The lowest BCUT2D eigenvalue weighted by atomic mass is 9.92. The highest BCUT2D eigenvalue weighted by Gasteiger charge is 2.40. The van der Waals surface area contributed by atoms with Gasteiger partial charge in [-0.25, -0.2) is 4.98 Å². The minimum atomic E-state index is 0.0986. The van der Waals surface area contributed by atoms with Gasteiger partial charge >= 0.3 is 0 Å². The number of benzene rings is 2. The summed E-state index contributed by atoms with van der Waals surface area (Å²) in [6, 6.07) is 19.8. The number of para-hydroxylation sites is 1. The van der Waals surface area contributed by atoms with Crippen LogP contribution in [0.15, 0.2) is 54.6 Å². The predicted molar refractivity (Wildman–Crippen MR) is 158 cm³/mol. The van der Waals surface area contributed by atoms with Gasteiger partial charge in [0.25, 0.3) is 5.91 Å². The maximum absolute atomic E-state index is 14.2. The number of likely N-dealkylation sites (tertiary alicyclic amines) is 2. The highest BCUT2D eigenvalue weighted by molar-refractivity contribution is 6.09. The smallest absolute Gasteiger partial charge is 0.252 e. The van der Waals surface area contributed by atoms with Crippen LogP contribution in [0.4, 0.5) is 0 Å². The normalized spacial score (nSPS) is 26.3.